The van der Waals surface area contributed by atoms with Crippen molar-refractivity contribution < 1.29 is 17.6 Å². The van der Waals surface area contributed by atoms with E-state index in [-0.39, 0.29) is 23.0 Å². The number of aromatic nitrogens is 1. The van der Waals surface area contributed by atoms with E-state index in [0.717, 1.165) is 46.3 Å². The van der Waals surface area contributed by atoms with Gasteiger partial charge in [0.05, 0.1) is 11.3 Å². The molecule has 0 unspecified atom stereocenters. The molecule has 2 heterocycles. The zero-order valence-corrected chi connectivity index (χ0v) is 16.6. The first kappa shape index (κ1) is 18.7. The highest BCUT2D eigenvalue weighted by molar-refractivity contribution is 7.90. The number of aryl methyl sites for hydroxylation is 2. The minimum absolute atomic E-state index is 0.0821. The molecule has 0 atom stereocenters. The minimum atomic E-state index is -3.29. The minimum Gasteiger partial charge on any atom is -0.358 e. The van der Waals surface area contributed by atoms with Crippen molar-refractivity contribution in [2.75, 3.05) is 17.7 Å². The summed E-state index contributed by atoms with van der Waals surface area (Å²) in [5.41, 5.74) is 4.06. The zero-order valence-electron chi connectivity index (χ0n) is 15.8. The lowest BCUT2D eigenvalue weighted by atomic mass is 10.00. The smallest absolute Gasteiger partial charge is 0.231 e. The summed E-state index contributed by atoms with van der Waals surface area (Å²) in [5.74, 6) is -0.418. The summed E-state index contributed by atoms with van der Waals surface area (Å²) in [6.45, 7) is 2.46. The van der Waals surface area contributed by atoms with Crippen molar-refractivity contribution in [3.05, 3.63) is 59.0 Å². The molecule has 1 aliphatic rings. The maximum absolute atomic E-state index is 13.7. The van der Waals surface area contributed by atoms with Crippen molar-refractivity contribution in [2.24, 2.45) is 0 Å². The Hall–Kier alpha value is -2.67. The first-order valence-corrected chi connectivity index (χ1v) is 11.0. The molecule has 0 aliphatic carbocycles. The molecule has 4 rings (SSSR count). The van der Waals surface area contributed by atoms with Crippen molar-refractivity contribution in [3.63, 3.8) is 0 Å². The van der Waals surface area contributed by atoms with E-state index >= 15 is 0 Å². The third-order valence-electron chi connectivity index (χ3n) is 5.31. The number of carbonyl (C=O) groups is 1. The number of aromatic amines is 1. The van der Waals surface area contributed by atoms with Crippen LogP contribution in [0.4, 0.5) is 10.1 Å². The number of hydrogen-bond donors (Lipinski definition) is 1. The van der Waals surface area contributed by atoms with Crippen LogP contribution in [0.2, 0.25) is 0 Å². The van der Waals surface area contributed by atoms with Crippen LogP contribution in [0.25, 0.3) is 10.9 Å². The molecule has 7 heteroatoms. The summed E-state index contributed by atoms with van der Waals surface area (Å²) in [4.78, 5) is 18.3. The number of amides is 1. The van der Waals surface area contributed by atoms with Crippen molar-refractivity contribution in [3.8, 4) is 0 Å². The van der Waals surface area contributed by atoms with Crippen molar-refractivity contribution >= 4 is 32.3 Å². The third kappa shape index (κ3) is 3.30. The molecular weight excluding hydrogens is 379 g/mol. The van der Waals surface area contributed by atoms with E-state index in [1.165, 1.54) is 18.4 Å². The molecule has 5 nitrogen and oxygen atoms in total. The molecule has 0 bridgehead atoms. The molecule has 1 N–H and O–H groups in total. The highest BCUT2D eigenvalue weighted by atomic mass is 32.2. The molecule has 0 saturated heterocycles. The van der Waals surface area contributed by atoms with E-state index in [9.17, 15) is 17.6 Å². The summed E-state index contributed by atoms with van der Waals surface area (Å²) >= 11 is 0. The second-order valence-corrected chi connectivity index (χ2v) is 9.32. The van der Waals surface area contributed by atoms with Gasteiger partial charge in [0.15, 0.2) is 9.84 Å². The molecule has 0 saturated carbocycles. The highest BCUT2D eigenvalue weighted by Gasteiger charge is 2.25. The number of sulfone groups is 1. The van der Waals surface area contributed by atoms with Gasteiger partial charge in [-0.05, 0) is 67.3 Å². The van der Waals surface area contributed by atoms with Gasteiger partial charge >= 0.3 is 0 Å². The van der Waals surface area contributed by atoms with Crippen molar-refractivity contribution in [1.82, 2.24) is 4.98 Å². The first-order chi connectivity index (χ1) is 13.2. The molecule has 0 spiro atoms. The highest BCUT2D eigenvalue weighted by Crippen LogP contribution is 2.31. The number of halogens is 1. The SMILES string of the molecule is Cc1[nH]c2ccc(F)cc2c1CC(=O)N1CCCc2cc(S(C)(=O)=O)ccc21. The van der Waals surface area contributed by atoms with Crippen molar-refractivity contribution in [1.29, 1.82) is 0 Å². The molecule has 28 heavy (non-hydrogen) atoms. The van der Waals surface area contributed by atoms with Crippen LogP contribution >= 0.6 is 0 Å². The number of hydrogen-bond acceptors (Lipinski definition) is 3. The summed E-state index contributed by atoms with van der Waals surface area (Å²) in [6.07, 6.45) is 2.84. The van der Waals surface area contributed by atoms with Crippen LogP contribution < -0.4 is 4.90 Å². The first-order valence-electron chi connectivity index (χ1n) is 9.14. The number of rotatable bonds is 3. The van der Waals surface area contributed by atoms with Crippen LogP contribution in [-0.2, 0) is 27.5 Å². The predicted molar refractivity (Wildman–Crippen MR) is 107 cm³/mol. The molecule has 3 aromatic rings. The number of carbonyl (C=O) groups excluding carboxylic acids is 1. The van der Waals surface area contributed by atoms with Gasteiger partial charge in [-0.15, -0.1) is 0 Å². The van der Waals surface area contributed by atoms with Gasteiger partial charge in [-0.2, -0.15) is 0 Å². The molecule has 1 aliphatic heterocycles. The summed E-state index contributed by atoms with van der Waals surface area (Å²) in [5, 5.41) is 0.718. The summed E-state index contributed by atoms with van der Waals surface area (Å²) in [6, 6.07) is 9.44. The third-order valence-corrected chi connectivity index (χ3v) is 6.42. The molecule has 146 valence electrons. The maximum atomic E-state index is 13.7. The van der Waals surface area contributed by atoms with Crippen LogP contribution in [0, 0.1) is 12.7 Å². The van der Waals surface area contributed by atoms with Gasteiger partial charge in [0.25, 0.3) is 0 Å². The molecule has 2 aromatic carbocycles. The molecular formula is C21H21FN2O3S. The Kier molecular flexibility index (Phi) is 4.50. The van der Waals surface area contributed by atoms with E-state index in [2.05, 4.69) is 4.98 Å². The fourth-order valence-corrected chi connectivity index (χ4v) is 4.56. The Morgan fingerprint density at radius 3 is 2.75 bits per heavy atom. The average molecular weight is 400 g/mol. The summed E-state index contributed by atoms with van der Waals surface area (Å²) in [7, 11) is -3.29. The monoisotopic (exact) mass is 400 g/mol. The van der Waals surface area contributed by atoms with E-state index in [1.807, 2.05) is 6.92 Å². The second-order valence-electron chi connectivity index (χ2n) is 7.31. The van der Waals surface area contributed by atoms with Crippen LogP contribution in [-0.4, -0.2) is 32.1 Å². The molecule has 0 fully saturated rings. The summed E-state index contributed by atoms with van der Waals surface area (Å²) < 4.78 is 37.3. The standard InChI is InChI=1S/C21H21FN2O3S/c1-13-17(18-11-15(22)5-7-19(18)23-13)12-21(25)24-9-3-4-14-10-16(28(2,26)27)6-8-20(14)24/h5-8,10-11,23H,3-4,9,12H2,1-2H3. The molecule has 1 amide bonds. The van der Waals surface area contributed by atoms with Gasteiger partial charge in [-0.1, -0.05) is 0 Å². The normalized spacial score (nSPS) is 14.3. The van der Waals surface area contributed by atoms with Crippen LogP contribution in [0.5, 0.6) is 0 Å². The number of nitrogens with zero attached hydrogens (tertiary/aromatic N) is 1. The van der Waals surface area contributed by atoms with E-state index in [1.54, 1.807) is 29.2 Å². The van der Waals surface area contributed by atoms with Crippen LogP contribution in [0.1, 0.15) is 23.2 Å². The van der Waals surface area contributed by atoms with Gasteiger partial charge in [0.1, 0.15) is 5.82 Å². The van der Waals surface area contributed by atoms with E-state index < -0.39 is 9.84 Å². The quantitative estimate of drug-likeness (QED) is 0.731. The lowest BCUT2D eigenvalue weighted by Gasteiger charge is -2.30. The topological polar surface area (TPSA) is 70.2 Å². The van der Waals surface area contributed by atoms with Gasteiger partial charge < -0.3 is 9.88 Å². The molecule has 0 radical (unpaired) electrons. The Balaban J connectivity index is 1.68. The van der Waals surface area contributed by atoms with E-state index in [0.29, 0.717) is 6.54 Å². The number of H-pyrrole nitrogens is 1. The lowest BCUT2D eigenvalue weighted by Crippen LogP contribution is -2.36. The predicted octanol–water partition coefficient (Wildman–Crippen LogP) is 3.54. The fourth-order valence-electron chi connectivity index (χ4n) is 3.89. The lowest BCUT2D eigenvalue weighted by molar-refractivity contribution is -0.118. The van der Waals surface area contributed by atoms with Gasteiger partial charge in [0.2, 0.25) is 5.91 Å². The Morgan fingerprint density at radius 2 is 2.00 bits per heavy atom. The van der Waals surface area contributed by atoms with Crippen LogP contribution in [0.15, 0.2) is 41.3 Å². The van der Waals surface area contributed by atoms with Gasteiger partial charge in [0, 0.05) is 35.1 Å². The average Bonchev–Trinajstić information content (AvgIpc) is 2.95. The second kappa shape index (κ2) is 6.74. The Labute approximate surface area is 163 Å². The van der Waals surface area contributed by atoms with Crippen LogP contribution in [0.3, 0.4) is 0 Å². The fraction of sp³-hybridized carbons (Fsp3) is 0.286. The number of benzene rings is 2. The zero-order chi connectivity index (χ0) is 20.1. The van der Waals surface area contributed by atoms with Crippen molar-refractivity contribution in [2.45, 2.75) is 31.1 Å². The maximum Gasteiger partial charge on any atom is 0.231 e. The van der Waals surface area contributed by atoms with E-state index in [4.69, 9.17) is 0 Å². The number of nitrogens with one attached hydrogen (secondary N) is 1. The largest absolute Gasteiger partial charge is 0.358 e. The molecule has 1 aromatic heterocycles. The Morgan fingerprint density at radius 1 is 1.21 bits per heavy atom. The number of fused-ring (bicyclic) bond motifs is 2. The Bertz CT molecular complexity index is 1200. The number of anilines is 1. The van der Waals surface area contributed by atoms with Gasteiger partial charge in [-0.25, -0.2) is 12.8 Å². The van der Waals surface area contributed by atoms with Gasteiger partial charge in [-0.3, -0.25) is 4.79 Å².